The Kier molecular flexibility index (Phi) is 3.52. The molecule has 0 aliphatic carbocycles. The molecular weight excluding hydrogens is 251 g/mol. The number of rotatable bonds is 3. The average Bonchev–Trinajstić information content (AvgIpc) is 2.48. The van der Waals surface area contributed by atoms with Gasteiger partial charge in [0.2, 0.25) is 0 Å². The Labute approximate surface area is 118 Å². The fourth-order valence-corrected chi connectivity index (χ4v) is 2.63. The summed E-state index contributed by atoms with van der Waals surface area (Å²) < 4.78 is 13.4. The van der Waals surface area contributed by atoms with Crippen molar-refractivity contribution in [3.05, 3.63) is 77.4 Å². The average molecular weight is 268 g/mol. The SMILES string of the molecule is NCCC1=C(c2ccccc2)CN2C=C(F)C=CC2=C1. The van der Waals surface area contributed by atoms with E-state index in [-0.39, 0.29) is 5.83 Å². The molecule has 2 aliphatic heterocycles. The van der Waals surface area contributed by atoms with Crippen molar-refractivity contribution >= 4 is 5.57 Å². The van der Waals surface area contributed by atoms with E-state index in [0.717, 1.165) is 12.1 Å². The minimum absolute atomic E-state index is 0.211. The topological polar surface area (TPSA) is 29.3 Å². The molecule has 20 heavy (non-hydrogen) atoms. The Morgan fingerprint density at radius 3 is 2.70 bits per heavy atom. The molecular formula is C17H17FN2. The van der Waals surface area contributed by atoms with Crippen molar-refractivity contribution in [2.75, 3.05) is 13.1 Å². The maximum atomic E-state index is 13.4. The summed E-state index contributed by atoms with van der Waals surface area (Å²) in [6.45, 7) is 1.30. The number of benzene rings is 1. The van der Waals surface area contributed by atoms with Gasteiger partial charge < -0.3 is 10.6 Å². The molecule has 2 nitrogen and oxygen atoms in total. The van der Waals surface area contributed by atoms with Gasteiger partial charge in [0.05, 0.1) is 0 Å². The van der Waals surface area contributed by atoms with Crippen LogP contribution in [0.1, 0.15) is 12.0 Å². The van der Waals surface area contributed by atoms with Crippen LogP contribution in [0.3, 0.4) is 0 Å². The van der Waals surface area contributed by atoms with Crippen molar-refractivity contribution in [3.63, 3.8) is 0 Å². The van der Waals surface area contributed by atoms with Gasteiger partial charge in [-0.25, -0.2) is 4.39 Å². The lowest BCUT2D eigenvalue weighted by molar-refractivity contribution is 0.495. The highest BCUT2D eigenvalue weighted by Gasteiger charge is 2.20. The van der Waals surface area contributed by atoms with E-state index in [0.29, 0.717) is 13.1 Å². The molecule has 0 spiro atoms. The molecule has 0 unspecified atom stereocenters. The van der Waals surface area contributed by atoms with Crippen molar-refractivity contribution in [3.8, 4) is 0 Å². The maximum absolute atomic E-state index is 13.4. The van der Waals surface area contributed by atoms with Gasteiger partial charge in [-0.05, 0) is 47.9 Å². The number of allylic oxidation sites excluding steroid dienone is 4. The minimum Gasteiger partial charge on any atom is -0.341 e. The van der Waals surface area contributed by atoms with Crippen LogP contribution in [0.4, 0.5) is 4.39 Å². The Bertz CT molecular complexity index is 624. The molecule has 0 saturated heterocycles. The molecule has 0 aromatic heterocycles. The van der Waals surface area contributed by atoms with E-state index in [4.69, 9.17) is 5.73 Å². The van der Waals surface area contributed by atoms with Crippen LogP contribution in [0.5, 0.6) is 0 Å². The fraction of sp³-hybridized carbons (Fsp3) is 0.176. The summed E-state index contributed by atoms with van der Waals surface area (Å²) in [5.74, 6) is -0.211. The highest BCUT2D eigenvalue weighted by atomic mass is 19.1. The van der Waals surface area contributed by atoms with Crippen LogP contribution in [0.25, 0.3) is 5.57 Å². The van der Waals surface area contributed by atoms with Gasteiger partial charge in [0.25, 0.3) is 0 Å². The predicted octanol–water partition coefficient (Wildman–Crippen LogP) is 3.37. The third-order valence-electron chi connectivity index (χ3n) is 3.60. The van der Waals surface area contributed by atoms with Gasteiger partial charge in [-0.2, -0.15) is 0 Å². The van der Waals surface area contributed by atoms with Crippen LogP contribution in [0, 0.1) is 0 Å². The van der Waals surface area contributed by atoms with Gasteiger partial charge in [0.1, 0.15) is 5.83 Å². The number of hydrogen-bond acceptors (Lipinski definition) is 2. The highest BCUT2D eigenvalue weighted by Crippen LogP contribution is 2.32. The molecule has 0 atom stereocenters. The second kappa shape index (κ2) is 5.47. The first-order valence-corrected chi connectivity index (χ1v) is 6.79. The van der Waals surface area contributed by atoms with E-state index in [1.807, 2.05) is 29.2 Å². The molecule has 3 heteroatoms. The van der Waals surface area contributed by atoms with E-state index in [2.05, 4.69) is 18.2 Å². The molecule has 2 heterocycles. The quantitative estimate of drug-likeness (QED) is 0.910. The van der Waals surface area contributed by atoms with E-state index < -0.39 is 0 Å². The third kappa shape index (κ3) is 2.45. The van der Waals surface area contributed by atoms with Crippen molar-refractivity contribution in [2.45, 2.75) is 6.42 Å². The second-order valence-corrected chi connectivity index (χ2v) is 4.95. The Morgan fingerprint density at radius 2 is 1.95 bits per heavy atom. The lowest BCUT2D eigenvalue weighted by atomic mass is 9.93. The number of nitrogens with two attached hydrogens (primary N) is 1. The van der Waals surface area contributed by atoms with Crippen molar-refractivity contribution < 1.29 is 4.39 Å². The van der Waals surface area contributed by atoms with Crippen LogP contribution in [0.15, 0.2) is 71.9 Å². The maximum Gasteiger partial charge on any atom is 0.139 e. The molecule has 0 amide bonds. The van der Waals surface area contributed by atoms with E-state index >= 15 is 0 Å². The Morgan fingerprint density at radius 1 is 1.15 bits per heavy atom. The zero-order chi connectivity index (χ0) is 13.9. The molecule has 0 fully saturated rings. The van der Waals surface area contributed by atoms with Crippen LogP contribution < -0.4 is 5.73 Å². The summed E-state index contributed by atoms with van der Waals surface area (Å²) in [6.07, 6.45) is 7.80. The summed E-state index contributed by atoms with van der Waals surface area (Å²) in [5, 5.41) is 0. The van der Waals surface area contributed by atoms with Crippen molar-refractivity contribution in [1.82, 2.24) is 4.90 Å². The Balaban J connectivity index is 2.04. The van der Waals surface area contributed by atoms with E-state index in [1.165, 1.54) is 22.8 Å². The zero-order valence-corrected chi connectivity index (χ0v) is 11.2. The van der Waals surface area contributed by atoms with Crippen LogP contribution >= 0.6 is 0 Å². The van der Waals surface area contributed by atoms with E-state index in [9.17, 15) is 4.39 Å². The molecule has 0 bridgehead atoms. The minimum atomic E-state index is -0.211. The molecule has 2 N–H and O–H groups in total. The third-order valence-corrected chi connectivity index (χ3v) is 3.60. The van der Waals surface area contributed by atoms with Crippen LogP contribution in [-0.4, -0.2) is 18.0 Å². The first-order chi connectivity index (χ1) is 9.78. The number of hydrogen-bond donors (Lipinski definition) is 1. The smallest absolute Gasteiger partial charge is 0.139 e. The normalized spacial score (nSPS) is 17.8. The molecule has 1 aromatic rings. The largest absolute Gasteiger partial charge is 0.341 e. The summed E-state index contributed by atoms with van der Waals surface area (Å²) in [4.78, 5) is 1.94. The van der Waals surface area contributed by atoms with Gasteiger partial charge >= 0.3 is 0 Å². The van der Waals surface area contributed by atoms with Gasteiger partial charge in [-0.3, -0.25) is 0 Å². The van der Waals surface area contributed by atoms with E-state index in [1.54, 1.807) is 6.20 Å². The highest BCUT2D eigenvalue weighted by molar-refractivity contribution is 5.74. The van der Waals surface area contributed by atoms with Crippen LogP contribution in [-0.2, 0) is 0 Å². The Hall–Kier alpha value is -2.13. The van der Waals surface area contributed by atoms with Gasteiger partial charge in [-0.15, -0.1) is 0 Å². The molecule has 102 valence electrons. The summed E-state index contributed by atoms with van der Waals surface area (Å²) in [5.41, 5.74) is 10.4. The fourth-order valence-electron chi connectivity index (χ4n) is 2.63. The molecule has 0 saturated carbocycles. The molecule has 2 aliphatic rings. The van der Waals surface area contributed by atoms with Crippen LogP contribution in [0.2, 0.25) is 0 Å². The van der Waals surface area contributed by atoms with Gasteiger partial charge in [-0.1, -0.05) is 30.3 Å². The predicted molar refractivity (Wildman–Crippen MR) is 80.2 cm³/mol. The van der Waals surface area contributed by atoms with Crippen molar-refractivity contribution in [1.29, 1.82) is 0 Å². The molecule has 0 radical (unpaired) electrons. The lowest BCUT2D eigenvalue weighted by Crippen LogP contribution is -2.25. The molecule has 3 rings (SSSR count). The number of fused-ring (bicyclic) bond motifs is 1. The monoisotopic (exact) mass is 268 g/mol. The summed E-state index contributed by atoms with van der Waals surface area (Å²) in [7, 11) is 0. The zero-order valence-electron chi connectivity index (χ0n) is 11.2. The first kappa shape index (κ1) is 12.9. The summed E-state index contributed by atoms with van der Waals surface area (Å²) in [6, 6.07) is 10.2. The second-order valence-electron chi connectivity index (χ2n) is 4.95. The van der Waals surface area contributed by atoms with Crippen molar-refractivity contribution in [2.24, 2.45) is 5.73 Å². The first-order valence-electron chi connectivity index (χ1n) is 6.79. The summed E-state index contributed by atoms with van der Waals surface area (Å²) >= 11 is 0. The number of nitrogens with zero attached hydrogens (tertiary/aromatic N) is 1. The standard InChI is InChI=1S/C17H17FN2/c18-15-6-7-16-10-14(8-9-19)17(12-20(16)11-15)13-4-2-1-3-5-13/h1-7,10-11H,8-9,12,19H2. The molecule has 1 aromatic carbocycles. The lowest BCUT2D eigenvalue weighted by Gasteiger charge is -2.31. The van der Waals surface area contributed by atoms with Gasteiger partial charge in [0.15, 0.2) is 0 Å². The number of halogens is 1. The van der Waals surface area contributed by atoms with Gasteiger partial charge in [0, 0.05) is 18.4 Å².